The Morgan fingerprint density at radius 2 is 1.95 bits per heavy atom. The molecule has 4 heteroatoms. The lowest BCUT2D eigenvalue weighted by Crippen LogP contribution is -2.33. The summed E-state index contributed by atoms with van der Waals surface area (Å²) in [6, 6.07) is 10.4. The molecule has 106 valence electrons. The maximum atomic E-state index is 5.92. The molecule has 2 heterocycles. The first-order chi connectivity index (χ1) is 9.86. The van der Waals surface area contributed by atoms with E-state index < -0.39 is 5.79 Å². The van der Waals surface area contributed by atoms with Crippen LogP contribution in [0, 0.1) is 0 Å². The summed E-state index contributed by atoms with van der Waals surface area (Å²) in [7, 11) is 0. The molecule has 1 saturated heterocycles. The van der Waals surface area contributed by atoms with Gasteiger partial charge in [-0.15, -0.1) is 0 Å². The van der Waals surface area contributed by atoms with Crippen LogP contribution in [0.15, 0.2) is 49.1 Å². The molecule has 0 radical (unpaired) electrons. The molecule has 0 saturated carbocycles. The van der Waals surface area contributed by atoms with Gasteiger partial charge in [0.25, 0.3) is 0 Å². The molecule has 1 aliphatic heterocycles. The van der Waals surface area contributed by atoms with Gasteiger partial charge in [-0.3, -0.25) is 0 Å². The van der Waals surface area contributed by atoms with Crippen molar-refractivity contribution >= 4 is 0 Å². The van der Waals surface area contributed by atoms with Crippen molar-refractivity contribution in [2.24, 2.45) is 0 Å². The van der Waals surface area contributed by atoms with Crippen LogP contribution in [0.5, 0.6) is 0 Å². The third kappa shape index (κ3) is 3.26. The highest BCUT2D eigenvalue weighted by Crippen LogP contribution is 2.29. The highest BCUT2D eigenvalue weighted by atomic mass is 16.7. The fraction of sp³-hybridized carbons (Fsp3) is 0.438. The van der Waals surface area contributed by atoms with Crippen LogP contribution in [-0.2, 0) is 22.4 Å². The van der Waals surface area contributed by atoms with Crippen molar-refractivity contribution in [3.8, 4) is 0 Å². The molecule has 20 heavy (non-hydrogen) atoms. The van der Waals surface area contributed by atoms with Gasteiger partial charge in [-0.1, -0.05) is 30.3 Å². The third-order valence-electron chi connectivity index (χ3n) is 3.66. The van der Waals surface area contributed by atoms with Gasteiger partial charge < -0.3 is 14.0 Å². The van der Waals surface area contributed by atoms with Crippen LogP contribution in [-0.4, -0.2) is 28.6 Å². The lowest BCUT2D eigenvalue weighted by molar-refractivity contribution is -0.162. The second kappa shape index (κ2) is 6.20. The molecular formula is C16H20N2O2. The second-order valence-corrected chi connectivity index (χ2v) is 5.17. The van der Waals surface area contributed by atoms with E-state index in [1.54, 1.807) is 0 Å². The number of imidazole rings is 1. The zero-order chi connectivity index (χ0) is 13.7. The number of aromatic nitrogens is 2. The topological polar surface area (TPSA) is 36.3 Å². The average Bonchev–Trinajstić information content (AvgIpc) is 3.13. The van der Waals surface area contributed by atoms with Crippen LogP contribution >= 0.6 is 0 Å². The summed E-state index contributed by atoms with van der Waals surface area (Å²) in [4.78, 5) is 4.06. The van der Waals surface area contributed by atoms with Crippen LogP contribution in [0.1, 0.15) is 18.4 Å². The molecule has 3 rings (SSSR count). The summed E-state index contributed by atoms with van der Waals surface area (Å²) in [5.41, 5.74) is 1.26. The van der Waals surface area contributed by atoms with Crippen LogP contribution in [0.2, 0.25) is 0 Å². The normalized spacial score (nSPS) is 17.4. The molecule has 1 aromatic carbocycles. The van der Waals surface area contributed by atoms with E-state index in [2.05, 4.69) is 33.8 Å². The van der Waals surface area contributed by atoms with E-state index in [-0.39, 0.29) is 0 Å². The molecule has 0 atom stereocenters. The summed E-state index contributed by atoms with van der Waals surface area (Å²) in [5, 5.41) is 0. The van der Waals surface area contributed by atoms with Gasteiger partial charge in [0.15, 0.2) is 5.79 Å². The lowest BCUT2D eigenvalue weighted by Gasteiger charge is -2.27. The molecule has 0 bridgehead atoms. The van der Waals surface area contributed by atoms with Crippen molar-refractivity contribution in [3.05, 3.63) is 54.6 Å². The number of benzene rings is 1. The molecule has 0 aliphatic carbocycles. The number of nitrogens with zero attached hydrogens (tertiary/aromatic N) is 2. The minimum Gasteiger partial charge on any atom is -0.347 e. The van der Waals surface area contributed by atoms with Crippen molar-refractivity contribution in [3.63, 3.8) is 0 Å². The smallest absolute Gasteiger partial charge is 0.172 e. The Morgan fingerprint density at radius 3 is 2.65 bits per heavy atom. The first kappa shape index (κ1) is 13.3. The first-order valence-corrected chi connectivity index (χ1v) is 7.14. The zero-order valence-electron chi connectivity index (χ0n) is 11.6. The lowest BCUT2D eigenvalue weighted by atomic mass is 10.0. The van der Waals surface area contributed by atoms with Crippen LogP contribution in [0.3, 0.4) is 0 Å². The van der Waals surface area contributed by atoms with Gasteiger partial charge in [0.2, 0.25) is 0 Å². The van der Waals surface area contributed by atoms with E-state index in [1.165, 1.54) is 5.56 Å². The quantitative estimate of drug-likeness (QED) is 0.811. The zero-order valence-corrected chi connectivity index (χ0v) is 11.6. The monoisotopic (exact) mass is 272 g/mol. The van der Waals surface area contributed by atoms with Gasteiger partial charge in [0, 0.05) is 31.8 Å². The minimum absolute atomic E-state index is 0.443. The highest BCUT2D eigenvalue weighted by Gasteiger charge is 2.36. The van der Waals surface area contributed by atoms with Crippen LogP contribution in [0.4, 0.5) is 0 Å². The molecule has 0 N–H and O–H groups in total. The number of rotatable bonds is 6. The van der Waals surface area contributed by atoms with Gasteiger partial charge >= 0.3 is 0 Å². The molecule has 0 unspecified atom stereocenters. The maximum Gasteiger partial charge on any atom is 0.172 e. The van der Waals surface area contributed by atoms with Crippen molar-refractivity contribution in [2.75, 3.05) is 13.2 Å². The van der Waals surface area contributed by atoms with E-state index in [9.17, 15) is 0 Å². The molecule has 0 spiro atoms. The van der Waals surface area contributed by atoms with E-state index in [1.807, 2.05) is 24.8 Å². The molecule has 4 nitrogen and oxygen atoms in total. The van der Waals surface area contributed by atoms with Gasteiger partial charge in [-0.05, 0) is 12.0 Å². The Balaban J connectivity index is 1.59. The molecule has 0 amide bonds. The third-order valence-corrected chi connectivity index (χ3v) is 3.66. The molecule has 1 aromatic heterocycles. The van der Waals surface area contributed by atoms with Crippen molar-refractivity contribution in [2.45, 2.75) is 31.6 Å². The Morgan fingerprint density at radius 1 is 1.15 bits per heavy atom. The number of ether oxygens (including phenoxy) is 2. The largest absolute Gasteiger partial charge is 0.347 e. The standard InChI is InChI=1S/C16H20N2O2/c1-2-5-15(6-3-1)13-16(19-11-12-20-16)7-4-9-18-10-8-17-14-18/h1-3,5-6,8,10,14H,4,7,9,11-13H2. The SMILES string of the molecule is c1ccc(CC2(CCCn3ccnc3)OCCO2)cc1. The van der Waals surface area contributed by atoms with Crippen molar-refractivity contribution in [1.82, 2.24) is 9.55 Å². The van der Waals surface area contributed by atoms with Gasteiger partial charge in [0.1, 0.15) is 0 Å². The highest BCUT2D eigenvalue weighted by molar-refractivity contribution is 5.16. The Labute approximate surface area is 119 Å². The fourth-order valence-electron chi connectivity index (χ4n) is 2.69. The van der Waals surface area contributed by atoms with Gasteiger partial charge in [-0.25, -0.2) is 4.98 Å². The van der Waals surface area contributed by atoms with Crippen LogP contribution < -0.4 is 0 Å². The molecule has 1 fully saturated rings. The number of aryl methyl sites for hydroxylation is 1. The second-order valence-electron chi connectivity index (χ2n) is 5.17. The average molecular weight is 272 g/mol. The summed E-state index contributed by atoms with van der Waals surface area (Å²) >= 11 is 0. The van der Waals surface area contributed by atoms with E-state index in [0.29, 0.717) is 13.2 Å². The summed E-state index contributed by atoms with van der Waals surface area (Å²) < 4.78 is 13.9. The summed E-state index contributed by atoms with van der Waals surface area (Å²) in [6.45, 7) is 2.33. The number of hydrogen-bond donors (Lipinski definition) is 0. The first-order valence-electron chi connectivity index (χ1n) is 7.14. The van der Waals surface area contributed by atoms with Crippen molar-refractivity contribution in [1.29, 1.82) is 0 Å². The van der Waals surface area contributed by atoms with Gasteiger partial charge in [0.05, 0.1) is 19.5 Å². The van der Waals surface area contributed by atoms with Crippen LogP contribution in [0.25, 0.3) is 0 Å². The fourth-order valence-corrected chi connectivity index (χ4v) is 2.69. The van der Waals surface area contributed by atoms with Gasteiger partial charge in [-0.2, -0.15) is 0 Å². The van der Waals surface area contributed by atoms with Crippen molar-refractivity contribution < 1.29 is 9.47 Å². The van der Waals surface area contributed by atoms with E-state index >= 15 is 0 Å². The molecular weight excluding hydrogens is 252 g/mol. The molecule has 1 aliphatic rings. The predicted molar refractivity (Wildman–Crippen MR) is 76.2 cm³/mol. The summed E-state index contributed by atoms with van der Waals surface area (Å²) in [5.74, 6) is -0.443. The Kier molecular flexibility index (Phi) is 4.14. The maximum absolute atomic E-state index is 5.92. The van der Waals surface area contributed by atoms with E-state index in [4.69, 9.17) is 9.47 Å². The predicted octanol–water partition coefficient (Wildman–Crippen LogP) is 2.65. The Bertz CT molecular complexity index is 505. The van der Waals surface area contributed by atoms with E-state index in [0.717, 1.165) is 25.8 Å². The summed E-state index contributed by atoms with van der Waals surface area (Å²) in [6.07, 6.45) is 8.38. The minimum atomic E-state index is -0.443. The Hall–Kier alpha value is -1.65. The number of hydrogen-bond acceptors (Lipinski definition) is 3. The molecule has 2 aromatic rings.